The largest absolute Gasteiger partial charge is 0.341 e. The Morgan fingerprint density at radius 1 is 1.25 bits per heavy atom. The van der Waals surface area contributed by atoms with Crippen LogP contribution >= 0.6 is 11.8 Å². The smallest absolute Gasteiger partial charge is 0.233 e. The molecule has 5 nitrogen and oxygen atoms in total. The van der Waals surface area contributed by atoms with Crippen LogP contribution in [0.4, 0.5) is 0 Å². The summed E-state index contributed by atoms with van der Waals surface area (Å²) in [5.41, 5.74) is 3.11. The first-order chi connectivity index (χ1) is 11.7. The Labute approximate surface area is 145 Å². The van der Waals surface area contributed by atoms with Gasteiger partial charge in [0.15, 0.2) is 5.16 Å². The summed E-state index contributed by atoms with van der Waals surface area (Å²) >= 11 is 1.49. The van der Waals surface area contributed by atoms with E-state index in [4.69, 9.17) is 0 Å². The van der Waals surface area contributed by atoms with Crippen LogP contribution in [-0.2, 0) is 17.9 Å². The normalized spacial score (nSPS) is 10.9. The summed E-state index contributed by atoms with van der Waals surface area (Å²) in [5.74, 6) is 0.457. The Morgan fingerprint density at radius 2 is 2.08 bits per heavy atom. The minimum Gasteiger partial charge on any atom is -0.341 e. The highest BCUT2D eigenvalue weighted by molar-refractivity contribution is 7.99. The van der Waals surface area contributed by atoms with E-state index in [1.165, 1.54) is 11.8 Å². The number of nitrogens with zero attached hydrogens (tertiary/aromatic N) is 4. The number of hydrogen-bond acceptors (Lipinski definition) is 4. The van der Waals surface area contributed by atoms with E-state index in [0.29, 0.717) is 12.3 Å². The molecular weight excluding hydrogens is 320 g/mol. The molecule has 2 aromatic heterocycles. The molecule has 0 atom stereocenters. The number of thioether (sulfide) groups is 1. The fourth-order valence-electron chi connectivity index (χ4n) is 2.56. The molecule has 0 aliphatic rings. The summed E-state index contributed by atoms with van der Waals surface area (Å²) < 4.78 is 2.15. The Morgan fingerprint density at radius 3 is 2.83 bits per heavy atom. The van der Waals surface area contributed by atoms with Gasteiger partial charge in [0.05, 0.1) is 16.8 Å². The van der Waals surface area contributed by atoms with Crippen molar-refractivity contribution in [2.24, 2.45) is 0 Å². The number of aromatic nitrogens is 3. The highest BCUT2D eigenvalue weighted by Crippen LogP contribution is 2.24. The van der Waals surface area contributed by atoms with Crippen LogP contribution in [0, 0.1) is 0 Å². The molecule has 3 aromatic rings. The number of amides is 1. The summed E-state index contributed by atoms with van der Waals surface area (Å²) in [6.07, 6.45) is 3.52. The summed E-state index contributed by atoms with van der Waals surface area (Å²) in [4.78, 5) is 22.8. The molecule has 0 saturated carbocycles. The minimum atomic E-state index is 0.0820. The SMILES string of the molecule is CCn1c(SCC(=O)N(C)Cc2cccnc2)nc2ccccc21. The molecule has 0 aliphatic heterocycles. The van der Waals surface area contributed by atoms with E-state index in [9.17, 15) is 4.79 Å². The predicted octanol–water partition coefficient (Wildman–Crippen LogP) is 3.20. The number of para-hydroxylation sites is 2. The number of benzene rings is 1. The molecule has 0 aliphatic carbocycles. The molecule has 1 aromatic carbocycles. The van der Waals surface area contributed by atoms with Gasteiger partial charge in [-0.2, -0.15) is 0 Å². The van der Waals surface area contributed by atoms with Crippen LogP contribution in [-0.4, -0.2) is 38.1 Å². The third kappa shape index (κ3) is 3.59. The van der Waals surface area contributed by atoms with Gasteiger partial charge in [-0.1, -0.05) is 30.0 Å². The van der Waals surface area contributed by atoms with E-state index < -0.39 is 0 Å². The van der Waals surface area contributed by atoms with Crippen molar-refractivity contribution in [3.8, 4) is 0 Å². The maximum atomic E-state index is 12.4. The molecule has 0 bridgehead atoms. The van der Waals surface area contributed by atoms with E-state index >= 15 is 0 Å². The Bertz CT molecular complexity index is 831. The average molecular weight is 340 g/mol. The van der Waals surface area contributed by atoms with Gasteiger partial charge >= 0.3 is 0 Å². The lowest BCUT2D eigenvalue weighted by molar-refractivity contribution is -0.127. The number of fused-ring (bicyclic) bond motifs is 1. The second-order valence-corrected chi connectivity index (χ2v) is 6.47. The van der Waals surface area contributed by atoms with Gasteiger partial charge in [-0.25, -0.2) is 4.98 Å². The number of carbonyl (C=O) groups excluding carboxylic acids is 1. The van der Waals surface area contributed by atoms with Gasteiger partial charge in [0.2, 0.25) is 5.91 Å². The fraction of sp³-hybridized carbons (Fsp3) is 0.278. The topological polar surface area (TPSA) is 51.0 Å². The number of imidazole rings is 1. The highest BCUT2D eigenvalue weighted by Gasteiger charge is 2.14. The van der Waals surface area contributed by atoms with Crippen molar-refractivity contribution in [3.05, 3.63) is 54.4 Å². The fourth-order valence-corrected chi connectivity index (χ4v) is 3.58. The van der Waals surface area contributed by atoms with E-state index in [-0.39, 0.29) is 5.91 Å². The zero-order valence-corrected chi connectivity index (χ0v) is 14.7. The molecule has 124 valence electrons. The van der Waals surface area contributed by atoms with Gasteiger partial charge in [0.1, 0.15) is 0 Å². The Kier molecular flexibility index (Phi) is 5.15. The second-order valence-electron chi connectivity index (χ2n) is 5.53. The molecule has 0 fully saturated rings. The number of carbonyl (C=O) groups is 1. The molecule has 0 N–H and O–H groups in total. The third-order valence-electron chi connectivity index (χ3n) is 3.83. The van der Waals surface area contributed by atoms with Gasteiger partial charge in [-0.05, 0) is 30.7 Å². The summed E-state index contributed by atoms with van der Waals surface area (Å²) in [5, 5.41) is 0.891. The zero-order valence-electron chi connectivity index (χ0n) is 13.8. The first-order valence-corrected chi connectivity index (χ1v) is 8.88. The van der Waals surface area contributed by atoms with Crippen LogP contribution in [0.5, 0.6) is 0 Å². The van der Waals surface area contributed by atoms with Gasteiger partial charge in [0.25, 0.3) is 0 Å². The maximum Gasteiger partial charge on any atom is 0.233 e. The second kappa shape index (κ2) is 7.49. The van der Waals surface area contributed by atoms with Crippen LogP contribution in [0.3, 0.4) is 0 Å². The zero-order chi connectivity index (χ0) is 16.9. The molecule has 1 amide bonds. The standard InChI is InChI=1S/C18H20N4OS/c1-3-22-16-9-5-4-8-15(16)20-18(22)24-13-17(23)21(2)12-14-7-6-10-19-11-14/h4-11H,3,12-13H2,1-2H3. The Balaban J connectivity index is 1.66. The van der Waals surface area contributed by atoms with Crippen LogP contribution in [0.1, 0.15) is 12.5 Å². The highest BCUT2D eigenvalue weighted by atomic mass is 32.2. The number of rotatable bonds is 6. The molecule has 0 spiro atoms. The van der Waals surface area contributed by atoms with Crippen LogP contribution in [0.2, 0.25) is 0 Å². The van der Waals surface area contributed by atoms with Crippen molar-refractivity contribution in [1.82, 2.24) is 19.4 Å². The van der Waals surface area contributed by atoms with Crippen molar-refractivity contribution in [2.45, 2.75) is 25.2 Å². The molecular formula is C18H20N4OS. The summed E-state index contributed by atoms with van der Waals surface area (Å²) in [7, 11) is 1.82. The van der Waals surface area contributed by atoms with Gasteiger partial charge in [-0.15, -0.1) is 0 Å². The molecule has 0 unspecified atom stereocenters. The molecule has 24 heavy (non-hydrogen) atoms. The van der Waals surface area contributed by atoms with Crippen LogP contribution in [0.15, 0.2) is 53.9 Å². The third-order valence-corrected chi connectivity index (χ3v) is 4.79. The van der Waals surface area contributed by atoms with E-state index in [1.54, 1.807) is 17.3 Å². The number of pyridine rings is 1. The van der Waals surface area contributed by atoms with Crippen molar-refractivity contribution in [3.63, 3.8) is 0 Å². The van der Waals surface area contributed by atoms with Crippen molar-refractivity contribution >= 4 is 28.7 Å². The Hall–Kier alpha value is -2.34. The summed E-state index contributed by atoms with van der Waals surface area (Å²) in [6, 6.07) is 11.9. The van der Waals surface area contributed by atoms with E-state index in [1.807, 2.05) is 37.4 Å². The lowest BCUT2D eigenvalue weighted by Gasteiger charge is -2.16. The lowest BCUT2D eigenvalue weighted by Crippen LogP contribution is -2.27. The monoisotopic (exact) mass is 340 g/mol. The number of aryl methyl sites for hydroxylation is 1. The molecule has 0 saturated heterocycles. The minimum absolute atomic E-state index is 0.0820. The van der Waals surface area contributed by atoms with E-state index in [2.05, 4.69) is 27.5 Å². The van der Waals surface area contributed by atoms with Crippen LogP contribution < -0.4 is 0 Å². The number of hydrogen-bond donors (Lipinski definition) is 0. The first kappa shape index (κ1) is 16.5. The van der Waals surface area contributed by atoms with Gasteiger partial charge in [-0.3, -0.25) is 9.78 Å². The van der Waals surface area contributed by atoms with Gasteiger partial charge < -0.3 is 9.47 Å². The first-order valence-electron chi connectivity index (χ1n) is 7.90. The molecule has 3 rings (SSSR count). The van der Waals surface area contributed by atoms with Crippen LogP contribution in [0.25, 0.3) is 11.0 Å². The van der Waals surface area contributed by atoms with E-state index in [0.717, 1.165) is 28.3 Å². The molecule has 2 heterocycles. The molecule has 0 radical (unpaired) electrons. The molecule has 6 heteroatoms. The maximum absolute atomic E-state index is 12.4. The van der Waals surface area contributed by atoms with Crippen molar-refractivity contribution in [2.75, 3.05) is 12.8 Å². The quantitative estimate of drug-likeness (QED) is 0.647. The lowest BCUT2D eigenvalue weighted by atomic mass is 10.3. The summed E-state index contributed by atoms with van der Waals surface area (Å²) in [6.45, 7) is 3.49. The van der Waals surface area contributed by atoms with Gasteiger partial charge in [0, 0.05) is 32.5 Å². The average Bonchev–Trinajstić information content (AvgIpc) is 2.98. The van der Waals surface area contributed by atoms with Crippen molar-refractivity contribution in [1.29, 1.82) is 0 Å². The predicted molar refractivity (Wildman–Crippen MR) is 96.8 cm³/mol. The van der Waals surface area contributed by atoms with Crippen molar-refractivity contribution < 1.29 is 4.79 Å².